The van der Waals surface area contributed by atoms with Crippen LogP contribution in [-0.4, -0.2) is 32.7 Å². The van der Waals surface area contributed by atoms with Crippen LogP contribution in [0.4, 0.5) is 0 Å². The lowest BCUT2D eigenvalue weighted by Crippen LogP contribution is -2.13. The monoisotopic (exact) mass is 161 g/mol. The van der Waals surface area contributed by atoms with Gasteiger partial charge in [-0.3, -0.25) is 4.90 Å². The second kappa shape index (κ2) is 3.50. The molecule has 0 spiro atoms. The van der Waals surface area contributed by atoms with Gasteiger partial charge in [0.25, 0.3) is 0 Å². The van der Waals surface area contributed by atoms with E-state index in [2.05, 4.69) is 44.6 Å². The van der Waals surface area contributed by atoms with Crippen LogP contribution in [0.25, 0.3) is 0 Å². The number of nitrogens with zero attached hydrogens (tertiary/aromatic N) is 1. The van der Waals surface area contributed by atoms with Crippen molar-refractivity contribution in [3.63, 3.8) is 0 Å². The maximum atomic E-state index is 2.37. The molecule has 0 saturated carbocycles. The number of hydrogen-bond acceptors (Lipinski definition) is 0. The van der Waals surface area contributed by atoms with Crippen molar-refractivity contribution in [1.29, 1.82) is 0 Å². The molecule has 0 fully saturated rings. The third kappa shape index (κ3) is 8.35. The van der Waals surface area contributed by atoms with Crippen LogP contribution in [0.15, 0.2) is 0 Å². The van der Waals surface area contributed by atoms with Gasteiger partial charge >= 0.3 is 0 Å². The Hall–Kier alpha value is 0.347. The van der Waals surface area contributed by atoms with Gasteiger partial charge in [0.2, 0.25) is 0 Å². The van der Waals surface area contributed by atoms with Crippen LogP contribution in [0.2, 0.25) is 19.6 Å². The van der Waals surface area contributed by atoms with E-state index in [1.54, 1.807) is 0 Å². The fourth-order valence-corrected chi connectivity index (χ4v) is 2.60. The average molecular weight is 161 g/mol. The van der Waals surface area contributed by atoms with Gasteiger partial charge < -0.3 is 0 Å². The van der Waals surface area contributed by atoms with Crippen LogP contribution in [-0.2, 0) is 0 Å². The van der Waals surface area contributed by atoms with Crippen LogP contribution in [0, 0.1) is 0 Å². The first-order chi connectivity index (χ1) is 3.92. The Kier molecular flexibility index (Phi) is 3.63. The molecule has 0 bridgehead atoms. The molecular formula is C6H16NPSi. The molecule has 0 aliphatic rings. The largest absolute Gasteiger partial charge is 0.284 e. The minimum atomic E-state index is -0.845. The third-order valence-corrected chi connectivity index (χ3v) is 4.70. The average Bonchev–Trinajstić information content (AvgIpc) is 1.59. The van der Waals surface area contributed by atoms with Gasteiger partial charge in [0.05, 0.1) is 0 Å². The van der Waals surface area contributed by atoms with Gasteiger partial charge in [0.1, 0.15) is 7.74 Å². The van der Waals surface area contributed by atoms with Crippen LogP contribution in [0.1, 0.15) is 0 Å². The van der Waals surface area contributed by atoms with E-state index in [-0.39, 0.29) is 0 Å². The molecule has 0 N–H and O–H groups in total. The molecule has 0 aliphatic heterocycles. The predicted molar refractivity (Wildman–Crippen MR) is 50.0 cm³/mol. The molecule has 0 rings (SSSR count). The third-order valence-electron chi connectivity index (χ3n) is 0.676. The standard InChI is InChI=1S/C6H16NPSi/c1-7(2)6-8-9(3,4)5/h6H,1-5H3. The summed E-state index contributed by atoms with van der Waals surface area (Å²) < 4.78 is 0. The zero-order valence-corrected chi connectivity index (χ0v) is 8.87. The van der Waals surface area contributed by atoms with Crippen LogP contribution in [0.3, 0.4) is 0 Å². The molecule has 3 heteroatoms. The Labute approximate surface area is 60.7 Å². The van der Waals surface area contributed by atoms with Crippen LogP contribution < -0.4 is 0 Å². The van der Waals surface area contributed by atoms with Crippen molar-refractivity contribution < 1.29 is 0 Å². The van der Waals surface area contributed by atoms with E-state index in [4.69, 9.17) is 0 Å². The second-order valence-corrected chi connectivity index (χ2v) is 13.0. The summed E-state index contributed by atoms with van der Waals surface area (Å²) in [4.78, 5) is 2.12. The van der Waals surface area contributed by atoms with Gasteiger partial charge in [-0.2, -0.15) is 0 Å². The van der Waals surface area contributed by atoms with Crippen molar-refractivity contribution in [1.82, 2.24) is 4.90 Å². The number of hydrogen-bond donors (Lipinski definition) is 0. The molecule has 0 aromatic carbocycles. The summed E-state index contributed by atoms with van der Waals surface area (Å²) in [5.41, 5.74) is 0. The number of rotatable bonds is 2. The van der Waals surface area contributed by atoms with Crippen molar-refractivity contribution in [2.24, 2.45) is 0 Å². The molecule has 0 saturated heterocycles. The highest BCUT2D eigenvalue weighted by Gasteiger charge is 2.07. The van der Waals surface area contributed by atoms with Crippen molar-refractivity contribution in [2.45, 2.75) is 19.6 Å². The molecule has 0 amide bonds. The Morgan fingerprint density at radius 2 is 1.67 bits per heavy atom. The Bertz CT molecular complexity index is 104. The summed E-state index contributed by atoms with van der Waals surface area (Å²) in [6.07, 6.45) is 0. The van der Waals surface area contributed by atoms with Crippen molar-refractivity contribution in [3.05, 3.63) is 0 Å². The zero-order chi connectivity index (χ0) is 7.49. The summed E-state index contributed by atoms with van der Waals surface area (Å²) in [7, 11) is 4.83. The first-order valence-electron chi connectivity index (χ1n) is 3.13. The lowest BCUT2D eigenvalue weighted by atomic mass is 11.0. The van der Waals surface area contributed by atoms with Crippen LogP contribution in [0.5, 0.6) is 0 Å². The van der Waals surface area contributed by atoms with Gasteiger partial charge in [0.15, 0.2) is 0 Å². The maximum Gasteiger partial charge on any atom is 0.103 e. The summed E-state index contributed by atoms with van der Waals surface area (Å²) in [5, 5.41) is 0. The van der Waals surface area contributed by atoms with E-state index in [1.165, 1.54) is 7.75 Å². The van der Waals surface area contributed by atoms with E-state index < -0.39 is 7.74 Å². The predicted octanol–water partition coefficient (Wildman–Crippen LogP) is 2.09. The maximum absolute atomic E-state index is 2.37. The van der Waals surface area contributed by atoms with Gasteiger partial charge in [0, 0.05) is 0 Å². The smallest absolute Gasteiger partial charge is 0.103 e. The molecule has 54 valence electrons. The summed E-state index contributed by atoms with van der Waals surface area (Å²) in [5.74, 6) is 2.24. The Morgan fingerprint density at radius 3 is 1.78 bits per heavy atom. The molecule has 9 heavy (non-hydrogen) atoms. The quantitative estimate of drug-likeness (QED) is 0.443. The van der Waals surface area contributed by atoms with Gasteiger partial charge in [-0.05, 0) is 20.0 Å². The molecule has 0 radical (unpaired) electrons. The summed E-state index contributed by atoms with van der Waals surface area (Å²) >= 11 is 0. The van der Waals surface area contributed by atoms with E-state index in [0.29, 0.717) is 0 Å². The van der Waals surface area contributed by atoms with Gasteiger partial charge in [-0.25, -0.2) is 0 Å². The molecule has 0 aromatic heterocycles. The fraction of sp³-hybridized carbons (Fsp3) is 0.833. The van der Waals surface area contributed by atoms with Crippen molar-refractivity contribution in [3.8, 4) is 0 Å². The van der Waals surface area contributed by atoms with E-state index in [1.807, 2.05) is 0 Å². The molecule has 1 nitrogen and oxygen atoms in total. The molecule has 0 atom stereocenters. The molecule has 0 heterocycles. The molecule has 0 unspecified atom stereocenters. The molecule has 0 aromatic rings. The lowest BCUT2D eigenvalue weighted by Gasteiger charge is -2.09. The highest BCUT2D eigenvalue weighted by molar-refractivity contribution is 7.80. The summed E-state index contributed by atoms with van der Waals surface area (Å²) in [6, 6.07) is 0. The SMILES string of the molecule is CN(C)C=P[Si](C)(C)C. The Balaban J connectivity index is 3.71. The Morgan fingerprint density at radius 1 is 1.22 bits per heavy atom. The fourth-order valence-electron chi connectivity index (χ4n) is 0.289. The topological polar surface area (TPSA) is 3.24 Å². The van der Waals surface area contributed by atoms with E-state index >= 15 is 0 Å². The van der Waals surface area contributed by atoms with Gasteiger partial charge in [-0.15, -0.1) is 7.75 Å². The minimum absolute atomic E-state index is 0.845. The highest BCUT2D eigenvalue weighted by atomic mass is 31.3. The highest BCUT2D eigenvalue weighted by Crippen LogP contribution is 2.16. The van der Waals surface area contributed by atoms with Crippen molar-refractivity contribution >= 4 is 21.4 Å². The molecular weight excluding hydrogens is 145 g/mol. The van der Waals surface area contributed by atoms with Crippen LogP contribution >= 0.6 is 7.75 Å². The summed E-state index contributed by atoms with van der Waals surface area (Å²) in [6.45, 7) is 7.11. The van der Waals surface area contributed by atoms with E-state index in [0.717, 1.165) is 0 Å². The van der Waals surface area contributed by atoms with E-state index in [9.17, 15) is 0 Å². The van der Waals surface area contributed by atoms with Crippen molar-refractivity contribution in [2.75, 3.05) is 14.1 Å². The minimum Gasteiger partial charge on any atom is -0.284 e. The second-order valence-electron chi connectivity index (χ2n) is 3.38. The lowest BCUT2D eigenvalue weighted by molar-refractivity contribution is 0.653. The van der Waals surface area contributed by atoms with Gasteiger partial charge in [-0.1, -0.05) is 19.6 Å². The molecule has 0 aliphatic carbocycles. The normalized spacial score (nSPS) is 13.6. The first kappa shape index (κ1) is 9.35. The zero-order valence-electron chi connectivity index (χ0n) is 6.97. The first-order valence-corrected chi connectivity index (χ1v) is 8.44.